The maximum absolute atomic E-state index is 12.0. The number of aromatic nitrogens is 2. The fraction of sp³-hybridized carbons (Fsp3) is 0.562. The van der Waals surface area contributed by atoms with Crippen molar-refractivity contribution in [2.45, 2.75) is 27.7 Å². The quantitative estimate of drug-likeness (QED) is 0.589. The highest BCUT2D eigenvalue weighted by Gasteiger charge is 2.19. The highest BCUT2D eigenvalue weighted by Crippen LogP contribution is 2.33. The molecule has 2 heterocycles. The van der Waals surface area contributed by atoms with Gasteiger partial charge in [0.05, 0.1) is 18.6 Å². The predicted octanol–water partition coefficient (Wildman–Crippen LogP) is 3.26. The van der Waals surface area contributed by atoms with Crippen molar-refractivity contribution in [3.05, 3.63) is 16.8 Å². The third-order valence-corrected chi connectivity index (χ3v) is 4.36. The van der Waals surface area contributed by atoms with Gasteiger partial charge >= 0.3 is 5.97 Å². The number of hydrogen-bond donors (Lipinski definition) is 1. The van der Waals surface area contributed by atoms with Crippen LogP contribution in [0.15, 0.2) is 6.33 Å². The molecule has 2 aromatic heterocycles. The molecule has 0 spiro atoms. The van der Waals surface area contributed by atoms with Crippen LogP contribution in [0.4, 0.5) is 5.82 Å². The first-order valence-corrected chi connectivity index (χ1v) is 8.59. The molecule has 0 radical (unpaired) electrons. The minimum atomic E-state index is -0.306. The van der Waals surface area contributed by atoms with Crippen LogP contribution in [0.5, 0.6) is 0 Å². The van der Waals surface area contributed by atoms with E-state index in [0.717, 1.165) is 28.2 Å². The minimum Gasteiger partial charge on any atom is -0.462 e. The predicted molar refractivity (Wildman–Crippen MR) is 92.3 cm³/mol. The molecular formula is C16H23N3O3S. The van der Waals surface area contributed by atoms with E-state index in [2.05, 4.69) is 29.1 Å². The summed E-state index contributed by atoms with van der Waals surface area (Å²) in [6.07, 6.45) is 1.50. The number of thiophene rings is 1. The zero-order chi connectivity index (χ0) is 16.8. The molecule has 2 aromatic rings. The van der Waals surface area contributed by atoms with Crippen LogP contribution in [0.3, 0.4) is 0 Å². The number of hydrogen-bond acceptors (Lipinski definition) is 7. The lowest BCUT2D eigenvalue weighted by molar-refractivity contribution is 0.0531. The van der Waals surface area contributed by atoms with Gasteiger partial charge in [-0.2, -0.15) is 0 Å². The fourth-order valence-corrected chi connectivity index (χ4v) is 3.20. The van der Waals surface area contributed by atoms with Crippen LogP contribution in [0.1, 0.15) is 36.0 Å². The largest absolute Gasteiger partial charge is 0.462 e. The van der Waals surface area contributed by atoms with E-state index in [9.17, 15) is 4.79 Å². The van der Waals surface area contributed by atoms with Crippen molar-refractivity contribution in [1.29, 1.82) is 0 Å². The lowest BCUT2D eigenvalue weighted by Gasteiger charge is -2.09. The second kappa shape index (κ2) is 8.21. The van der Waals surface area contributed by atoms with Gasteiger partial charge in [-0.3, -0.25) is 0 Å². The van der Waals surface area contributed by atoms with Crippen LogP contribution < -0.4 is 5.32 Å². The lowest BCUT2D eigenvalue weighted by atomic mass is 10.2. The van der Waals surface area contributed by atoms with Gasteiger partial charge in [0.15, 0.2) is 0 Å². The zero-order valence-electron chi connectivity index (χ0n) is 14.0. The summed E-state index contributed by atoms with van der Waals surface area (Å²) in [5.41, 5.74) is 0.856. The molecule has 1 N–H and O–H groups in total. The van der Waals surface area contributed by atoms with E-state index in [-0.39, 0.29) is 5.97 Å². The highest BCUT2D eigenvalue weighted by molar-refractivity contribution is 7.20. The van der Waals surface area contributed by atoms with E-state index >= 15 is 0 Å². The Labute approximate surface area is 140 Å². The first-order valence-electron chi connectivity index (χ1n) is 7.77. The average molecular weight is 337 g/mol. The van der Waals surface area contributed by atoms with Crippen LogP contribution in [0.2, 0.25) is 0 Å². The van der Waals surface area contributed by atoms with Crippen LogP contribution in [-0.4, -0.2) is 42.3 Å². The zero-order valence-corrected chi connectivity index (χ0v) is 14.8. The Kier molecular flexibility index (Phi) is 6.29. The third kappa shape index (κ3) is 4.39. The topological polar surface area (TPSA) is 73.3 Å². The summed E-state index contributed by atoms with van der Waals surface area (Å²) in [4.78, 5) is 21.9. The molecule has 126 valence electrons. The molecule has 0 atom stereocenters. The molecule has 0 bridgehead atoms. The Bertz CT molecular complexity index is 670. The SMILES string of the molecule is CCOC(=O)c1sc2ncnc(NCCOCC(C)C)c2c1C. The standard InChI is InChI=1S/C16H23N3O3S/c1-5-22-16(20)13-11(4)12-14(18-9-19-15(12)23-13)17-6-7-21-8-10(2)3/h9-10H,5-8H2,1-4H3,(H,17,18,19). The van der Waals surface area contributed by atoms with E-state index in [0.29, 0.717) is 30.6 Å². The van der Waals surface area contributed by atoms with Crippen molar-refractivity contribution in [3.63, 3.8) is 0 Å². The molecule has 6 nitrogen and oxygen atoms in total. The molecule has 0 aliphatic rings. The Morgan fingerprint density at radius 1 is 1.39 bits per heavy atom. The van der Waals surface area contributed by atoms with Gasteiger partial charge in [0.25, 0.3) is 0 Å². The second-order valence-electron chi connectivity index (χ2n) is 5.57. The van der Waals surface area contributed by atoms with Crippen molar-refractivity contribution in [3.8, 4) is 0 Å². The van der Waals surface area contributed by atoms with Gasteiger partial charge in [-0.25, -0.2) is 14.8 Å². The van der Waals surface area contributed by atoms with E-state index < -0.39 is 0 Å². The van der Waals surface area contributed by atoms with Gasteiger partial charge < -0.3 is 14.8 Å². The maximum atomic E-state index is 12.0. The minimum absolute atomic E-state index is 0.306. The summed E-state index contributed by atoms with van der Waals surface area (Å²) in [6.45, 7) is 10.3. The number of esters is 1. The molecule has 0 aromatic carbocycles. The van der Waals surface area contributed by atoms with E-state index in [1.54, 1.807) is 6.92 Å². The maximum Gasteiger partial charge on any atom is 0.348 e. The Morgan fingerprint density at radius 2 is 2.17 bits per heavy atom. The average Bonchev–Trinajstić information content (AvgIpc) is 2.85. The van der Waals surface area contributed by atoms with Gasteiger partial charge in [0.1, 0.15) is 21.9 Å². The number of fused-ring (bicyclic) bond motifs is 1. The number of carbonyl (C=O) groups is 1. The molecular weight excluding hydrogens is 314 g/mol. The second-order valence-corrected chi connectivity index (χ2v) is 6.57. The smallest absolute Gasteiger partial charge is 0.348 e. The third-order valence-electron chi connectivity index (χ3n) is 3.18. The highest BCUT2D eigenvalue weighted by atomic mass is 32.1. The van der Waals surface area contributed by atoms with Gasteiger partial charge in [0, 0.05) is 13.2 Å². The molecule has 0 aliphatic carbocycles. The molecule has 0 saturated heterocycles. The Hall–Kier alpha value is -1.73. The summed E-state index contributed by atoms with van der Waals surface area (Å²) in [6, 6.07) is 0. The van der Waals surface area contributed by atoms with Crippen LogP contribution in [-0.2, 0) is 9.47 Å². The number of anilines is 1. The first-order chi connectivity index (χ1) is 11.0. The summed E-state index contributed by atoms with van der Waals surface area (Å²) in [5.74, 6) is 0.943. The van der Waals surface area contributed by atoms with Gasteiger partial charge in [-0.05, 0) is 25.3 Å². The number of rotatable bonds is 8. The molecule has 0 saturated carbocycles. The lowest BCUT2D eigenvalue weighted by Crippen LogP contribution is -2.13. The van der Waals surface area contributed by atoms with E-state index in [1.165, 1.54) is 17.7 Å². The summed E-state index contributed by atoms with van der Waals surface area (Å²) < 4.78 is 10.7. The number of nitrogens with one attached hydrogen (secondary N) is 1. The van der Waals surface area contributed by atoms with E-state index in [4.69, 9.17) is 9.47 Å². The molecule has 0 amide bonds. The Morgan fingerprint density at radius 3 is 2.87 bits per heavy atom. The van der Waals surface area contributed by atoms with E-state index in [1.807, 2.05) is 6.92 Å². The molecule has 7 heteroatoms. The first kappa shape index (κ1) is 17.6. The number of aryl methyl sites for hydroxylation is 1. The summed E-state index contributed by atoms with van der Waals surface area (Å²) in [7, 11) is 0. The van der Waals surface area contributed by atoms with Crippen LogP contribution >= 0.6 is 11.3 Å². The fourth-order valence-electron chi connectivity index (χ4n) is 2.16. The van der Waals surface area contributed by atoms with Crippen LogP contribution in [0.25, 0.3) is 10.2 Å². The Balaban J connectivity index is 2.13. The van der Waals surface area contributed by atoms with Gasteiger partial charge in [-0.15, -0.1) is 11.3 Å². The van der Waals surface area contributed by atoms with Crippen LogP contribution in [0, 0.1) is 12.8 Å². The molecule has 0 unspecified atom stereocenters. The van der Waals surface area contributed by atoms with Crippen molar-refractivity contribution in [2.24, 2.45) is 5.92 Å². The van der Waals surface area contributed by atoms with Gasteiger partial charge in [0.2, 0.25) is 0 Å². The van der Waals surface area contributed by atoms with Crippen molar-refractivity contribution in [1.82, 2.24) is 9.97 Å². The number of ether oxygens (including phenoxy) is 2. The normalized spacial score (nSPS) is 11.2. The molecule has 0 fully saturated rings. The van der Waals surface area contributed by atoms with Crippen molar-refractivity contribution < 1.29 is 14.3 Å². The molecule has 23 heavy (non-hydrogen) atoms. The summed E-state index contributed by atoms with van der Waals surface area (Å²) >= 11 is 1.34. The van der Waals surface area contributed by atoms with Crippen molar-refractivity contribution in [2.75, 3.05) is 31.7 Å². The molecule has 0 aliphatic heterocycles. The summed E-state index contributed by atoms with van der Waals surface area (Å²) in [5, 5.41) is 4.14. The number of carbonyl (C=O) groups excluding carboxylic acids is 1. The van der Waals surface area contributed by atoms with Gasteiger partial charge in [-0.1, -0.05) is 13.8 Å². The number of nitrogens with zero attached hydrogens (tertiary/aromatic N) is 2. The monoisotopic (exact) mass is 337 g/mol. The van der Waals surface area contributed by atoms with Crippen molar-refractivity contribution >= 4 is 33.3 Å². The molecule has 2 rings (SSSR count).